The monoisotopic (exact) mass is 188 g/mol. The minimum atomic E-state index is -0.764. The third-order valence-electron chi connectivity index (χ3n) is 1.44. The van der Waals surface area contributed by atoms with Crippen molar-refractivity contribution in [1.82, 2.24) is 0 Å². The number of unbranched alkanes of at least 4 members (excludes halogenated alkanes) is 1. The molecule has 1 unspecified atom stereocenters. The van der Waals surface area contributed by atoms with Gasteiger partial charge in [-0.25, -0.2) is 0 Å². The van der Waals surface area contributed by atoms with Gasteiger partial charge in [0, 0.05) is 6.42 Å². The van der Waals surface area contributed by atoms with Crippen LogP contribution in [0, 0.1) is 23.7 Å². The lowest BCUT2D eigenvalue weighted by atomic mass is 10.3. The van der Waals surface area contributed by atoms with Gasteiger partial charge in [0.2, 0.25) is 0 Å². The molecule has 0 saturated carbocycles. The number of aliphatic hydroxyl groups is 1. The van der Waals surface area contributed by atoms with Crippen molar-refractivity contribution < 1.29 is 5.11 Å². The van der Waals surface area contributed by atoms with E-state index in [9.17, 15) is 0 Å². The smallest absolute Gasteiger partial charge is 0.134 e. The summed E-state index contributed by atoms with van der Waals surface area (Å²) in [5.41, 5.74) is 0. The fraction of sp³-hybridized carbons (Fsp3) is 0.385. The first-order valence-corrected chi connectivity index (χ1v) is 4.75. The van der Waals surface area contributed by atoms with Crippen LogP contribution in [0.25, 0.3) is 0 Å². The lowest BCUT2D eigenvalue weighted by molar-refractivity contribution is 0.281. The number of hydrogen-bond donors (Lipinski definition) is 1. The fourth-order valence-electron chi connectivity index (χ4n) is 0.691. The van der Waals surface area contributed by atoms with Gasteiger partial charge in [-0.3, -0.25) is 0 Å². The molecule has 0 rings (SSSR count). The number of rotatable bonds is 4. The molecule has 74 valence electrons. The first-order valence-electron chi connectivity index (χ1n) is 4.75. The van der Waals surface area contributed by atoms with E-state index < -0.39 is 6.10 Å². The van der Waals surface area contributed by atoms with Crippen LogP contribution in [-0.2, 0) is 0 Å². The van der Waals surface area contributed by atoms with Crippen LogP contribution in [0.1, 0.15) is 26.2 Å². The van der Waals surface area contributed by atoms with Gasteiger partial charge < -0.3 is 5.11 Å². The van der Waals surface area contributed by atoms with E-state index in [1.54, 1.807) is 0 Å². The van der Waals surface area contributed by atoms with E-state index in [0.717, 1.165) is 19.3 Å². The lowest BCUT2D eigenvalue weighted by Crippen LogP contribution is -1.94. The molecule has 0 radical (unpaired) electrons. The van der Waals surface area contributed by atoms with E-state index in [2.05, 4.69) is 43.3 Å². The second-order valence-corrected chi connectivity index (χ2v) is 2.72. The average molecular weight is 188 g/mol. The maximum absolute atomic E-state index is 8.96. The molecule has 0 aromatic carbocycles. The van der Waals surface area contributed by atoms with Crippen molar-refractivity contribution in [3.8, 4) is 23.7 Å². The highest BCUT2D eigenvalue weighted by Crippen LogP contribution is 1.89. The van der Waals surface area contributed by atoms with E-state index in [1.807, 2.05) is 6.08 Å². The molecule has 0 amide bonds. The molecule has 0 bridgehead atoms. The highest BCUT2D eigenvalue weighted by molar-refractivity contribution is 5.29. The van der Waals surface area contributed by atoms with Crippen molar-refractivity contribution in [3.05, 3.63) is 24.8 Å². The molecule has 1 atom stereocenters. The zero-order chi connectivity index (χ0) is 10.6. The van der Waals surface area contributed by atoms with Crippen LogP contribution in [0.5, 0.6) is 0 Å². The lowest BCUT2D eigenvalue weighted by Gasteiger charge is -1.86. The average Bonchev–Trinajstić information content (AvgIpc) is 2.21. The summed E-state index contributed by atoms with van der Waals surface area (Å²) in [5.74, 6) is 10.6. The number of hydrogen-bond acceptors (Lipinski definition) is 1. The minimum Gasteiger partial charge on any atom is -0.377 e. The van der Waals surface area contributed by atoms with E-state index in [1.165, 1.54) is 6.08 Å². The summed E-state index contributed by atoms with van der Waals surface area (Å²) in [4.78, 5) is 0. The summed E-state index contributed by atoms with van der Waals surface area (Å²) in [5, 5.41) is 8.96. The van der Waals surface area contributed by atoms with Gasteiger partial charge in [0.05, 0.1) is 0 Å². The Morgan fingerprint density at radius 1 is 1.36 bits per heavy atom. The third-order valence-corrected chi connectivity index (χ3v) is 1.44. The molecule has 1 nitrogen and oxygen atoms in total. The summed E-state index contributed by atoms with van der Waals surface area (Å²) in [6, 6.07) is 0. The molecule has 0 aliphatic heterocycles. The normalized spacial score (nSPS) is 11.0. The third kappa shape index (κ3) is 8.65. The molecular formula is C13H16O. The first kappa shape index (κ1) is 12.6. The quantitative estimate of drug-likeness (QED) is 0.530. The van der Waals surface area contributed by atoms with E-state index >= 15 is 0 Å². The molecule has 0 heterocycles. The molecule has 1 N–H and O–H groups in total. The van der Waals surface area contributed by atoms with Crippen molar-refractivity contribution in [1.29, 1.82) is 0 Å². The van der Waals surface area contributed by atoms with Crippen molar-refractivity contribution in [2.45, 2.75) is 32.3 Å². The Kier molecular flexibility index (Phi) is 8.65. The van der Waals surface area contributed by atoms with Crippen molar-refractivity contribution in [3.63, 3.8) is 0 Å². The second kappa shape index (κ2) is 9.65. The Bertz CT molecular complexity index is 291. The predicted octanol–water partition coefficient (Wildman–Crippen LogP) is 2.29. The summed E-state index contributed by atoms with van der Waals surface area (Å²) in [7, 11) is 0. The van der Waals surface area contributed by atoms with Gasteiger partial charge in [0.15, 0.2) is 0 Å². The highest BCUT2D eigenvalue weighted by Gasteiger charge is 1.83. The zero-order valence-electron chi connectivity index (χ0n) is 8.59. The second-order valence-electron chi connectivity index (χ2n) is 2.72. The van der Waals surface area contributed by atoms with Gasteiger partial charge in [-0.15, -0.1) is 0 Å². The molecule has 0 aliphatic rings. The van der Waals surface area contributed by atoms with E-state index in [4.69, 9.17) is 5.11 Å². The SMILES string of the molecule is C=CC(O)C#CC#CC/C=C/CCC. The Labute approximate surface area is 86.5 Å². The topological polar surface area (TPSA) is 20.2 Å². The van der Waals surface area contributed by atoms with Crippen molar-refractivity contribution in [2.24, 2.45) is 0 Å². The summed E-state index contributed by atoms with van der Waals surface area (Å²) < 4.78 is 0. The maximum Gasteiger partial charge on any atom is 0.134 e. The Balaban J connectivity index is 3.71. The Morgan fingerprint density at radius 3 is 2.79 bits per heavy atom. The maximum atomic E-state index is 8.96. The van der Waals surface area contributed by atoms with Crippen LogP contribution < -0.4 is 0 Å². The Hall–Kier alpha value is -1.44. The molecule has 0 spiro atoms. The Morgan fingerprint density at radius 2 is 2.14 bits per heavy atom. The molecule has 0 fully saturated rings. The van der Waals surface area contributed by atoms with Gasteiger partial charge in [-0.2, -0.15) is 0 Å². The molecular weight excluding hydrogens is 172 g/mol. The van der Waals surface area contributed by atoms with Gasteiger partial charge in [0.1, 0.15) is 6.10 Å². The number of aliphatic hydroxyl groups excluding tert-OH is 1. The van der Waals surface area contributed by atoms with Crippen LogP contribution in [0.4, 0.5) is 0 Å². The fourth-order valence-corrected chi connectivity index (χ4v) is 0.691. The highest BCUT2D eigenvalue weighted by atomic mass is 16.3. The molecule has 0 saturated heterocycles. The van der Waals surface area contributed by atoms with Gasteiger partial charge in [0.25, 0.3) is 0 Å². The van der Waals surface area contributed by atoms with Crippen LogP contribution in [-0.4, -0.2) is 11.2 Å². The standard InChI is InChI=1S/C13H16O/c1-3-5-6-7-8-9-10-11-12-13(14)4-2/h4,6-7,13-14H,2-3,5,8H2,1H3/b7-6+. The molecule has 0 aliphatic carbocycles. The van der Waals surface area contributed by atoms with Crippen molar-refractivity contribution in [2.75, 3.05) is 0 Å². The molecule has 0 aromatic heterocycles. The van der Waals surface area contributed by atoms with Crippen LogP contribution >= 0.6 is 0 Å². The van der Waals surface area contributed by atoms with Crippen molar-refractivity contribution >= 4 is 0 Å². The van der Waals surface area contributed by atoms with E-state index in [-0.39, 0.29) is 0 Å². The zero-order valence-corrected chi connectivity index (χ0v) is 8.59. The summed E-state index contributed by atoms with van der Waals surface area (Å²) in [6.45, 7) is 5.53. The van der Waals surface area contributed by atoms with Gasteiger partial charge in [-0.1, -0.05) is 50.0 Å². The first-order chi connectivity index (χ1) is 6.81. The summed E-state index contributed by atoms with van der Waals surface area (Å²) >= 11 is 0. The van der Waals surface area contributed by atoms with Crippen LogP contribution in [0.3, 0.4) is 0 Å². The number of allylic oxidation sites excluding steroid dienone is 2. The van der Waals surface area contributed by atoms with Gasteiger partial charge in [-0.05, 0) is 18.3 Å². The largest absolute Gasteiger partial charge is 0.377 e. The molecule has 14 heavy (non-hydrogen) atoms. The van der Waals surface area contributed by atoms with Crippen LogP contribution in [0.2, 0.25) is 0 Å². The van der Waals surface area contributed by atoms with E-state index in [0.29, 0.717) is 0 Å². The predicted molar refractivity (Wildman–Crippen MR) is 60.4 cm³/mol. The summed E-state index contributed by atoms with van der Waals surface area (Å²) in [6.07, 6.45) is 7.73. The van der Waals surface area contributed by atoms with Gasteiger partial charge >= 0.3 is 0 Å². The molecule has 0 aromatic rings. The van der Waals surface area contributed by atoms with Crippen LogP contribution in [0.15, 0.2) is 24.8 Å². The molecule has 1 heteroatoms. The minimum absolute atomic E-state index is 0.721.